The monoisotopic (exact) mass is 439 g/mol. The molecule has 10 heteroatoms. The highest BCUT2D eigenvalue weighted by Gasteiger charge is 2.23. The summed E-state index contributed by atoms with van der Waals surface area (Å²) in [5, 5.41) is 16.8. The number of urea groups is 1. The van der Waals surface area contributed by atoms with Crippen LogP contribution in [0.2, 0.25) is 10.0 Å². The number of carbonyl (C=O) groups excluding carboxylic acids is 2. The minimum absolute atomic E-state index is 0.0374. The fraction of sp³-hybridized carbons (Fsp3) is 0.211. The average Bonchev–Trinajstić information content (AvgIpc) is 2.69. The fourth-order valence-electron chi connectivity index (χ4n) is 2.37. The molecular formula is C19H19Cl2N3O5. The highest BCUT2D eigenvalue weighted by Crippen LogP contribution is 2.24. The Bertz CT molecular complexity index is 887. The van der Waals surface area contributed by atoms with Crippen molar-refractivity contribution in [1.82, 2.24) is 16.0 Å². The molecule has 2 aromatic carbocycles. The topological polar surface area (TPSA) is 117 Å². The third-order valence-electron chi connectivity index (χ3n) is 3.85. The number of carboxylic acids is 1. The lowest BCUT2D eigenvalue weighted by atomic mass is 10.2. The maximum Gasteiger partial charge on any atom is 0.328 e. The molecule has 3 amide bonds. The number of hydrogen-bond acceptors (Lipinski definition) is 4. The van der Waals surface area contributed by atoms with Gasteiger partial charge in [-0.05, 0) is 29.8 Å². The first-order chi connectivity index (χ1) is 13.8. The van der Waals surface area contributed by atoms with Crippen LogP contribution in [-0.2, 0) is 11.3 Å². The van der Waals surface area contributed by atoms with Crippen molar-refractivity contribution in [1.29, 1.82) is 0 Å². The van der Waals surface area contributed by atoms with E-state index < -0.39 is 23.9 Å². The van der Waals surface area contributed by atoms with Crippen molar-refractivity contribution in [3.8, 4) is 5.75 Å². The lowest BCUT2D eigenvalue weighted by Crippen LogP contribution is -2.50. The summed E-state index contributed by atoms with van der Waals surface area (Å²) in [4.78, 5) is 35.7. The summed E-state index contributed by atoms with van der Waals surface area (Å²) in [5.74, 6) is -1.43. The molecule has 154 valence electrons. The standard InChI is InChI=1S/C19H19Cl2N3O5/c1-29-12-5-2-4-11(8-12)9-22-19(28)23-10-15(18(26)27)24-17(25)16-13(20)6-3-7-14(16)21/h2-8,15H,9-10H2,1H3,(H,24,25)(H,26,27)(H2,22,23,28)/t15-/m0/s1. The zero-order valence-corrected chi connectivity index (χ0v) is 16.9. The zero-order chi connectivity index (χ0) is 21.4. The van der Waals surface area contributed by atoms with Gasteiger partial charge in [0.05, 0.1) is 29.3 Å². The van der Waals surface area contributed by atoms with Crippen LogP contribution in [0.5, 0.6) is 5.75 Å². The van der Waals surface area contributed by atoms with E-state index >= 15 is 0 Å². The van der Waals surface area contributed by atoms with Crippen molar-refractivity contribution in [2.45, 2.75) is 12.6 Å². The number of methoxy groups -OCH3 is 1. The summed E-state index contributed by atoms with van der Waals surface area (Å²) in [6, 6.07) is 9.62. The Balaban J connectivity index is 1.90. The molecule has 0 radical (unpaired) electrons. The number of amides is 3. The Kier molecular flexibility index (Phi) is 8.11. The van der Waals surface area contributed by atoms with Gasteiger partial charge in [0.1, 0.15) is 11.8 Å². The van der Waals surface area contributed by atoms with E-state index in [2.05, 4.69) is 16.0 Å². The second kappa shape index (κ2) is 10.5. The summed E-state index contributed by atoms with van der Waals surface area (Å²) in [6.45, 7) is -0.130. The second-order valence-corrected chi connectivity index (χ2v) is 6.69. The van der Waals surface area contributed by atoms with Gasteiger partial charge in [-0.2, -0.15) is 0 Å². The van der Waals surface area contributed by atoms with Gasteiger partial charge in [0.15, 0.2) is 0 Å². The summed E-state index contributed by atoms with van der Waals surface area (Å²) in [5.41, 5.74) is 0.764. The van der Waals surface area contributed by atoms with E-state index in [4.69, 9.17) is 27.9 Å². The largest absolute Gasteiger partial charge is 0.497 e. The molecule has 4 N–H and O–H groups in total. The minimum Gasteiger partial charge on any atom is -0.497 e. The van der Waals surface area contributed by atoms with E-state index in [0.717, 1.165) is 5.56 Å². The lowest BCUT2D eigenvalue weighted by Gasteiger charge is -2.17. The minimum atomic E-state index is -1.38. The molecule has 0 fully saturated rings. The van der Waals surface area contributed by atoms with Gasteiger partial charge < -0.3 is 25.8 Å². The van der Waals surface area contributed by atoms with Crippen LogP contribution < -0.4 is 20.7 Å². The van der Waals surface area contributed by atoms with Gasteiger partial charge in [0.2, 0.25) is 0 Å². The van der Waals surface area contributed by atoms with Crippen LogP contribution in [0.25, 0.3) is 0 Å². The summed E-state index contributed by atoms with van der Waals surface area (Å²) < 4.78 is 5.10. The van der Waals surface area contributed by atoms with E-state index in [-0.39, 0.29) is 28.7 Å². The number of carbonyl (C=O) groups is 3. The highest BCUT2D eigenvalue weighted by molar-refractivity contribution is 6.39. The lowest BCUT2D eigenvalue weighted by molar-refractivity contribution is -0.139. The molecule has 0 spiro atoms. The molecule has 0 saturated carbocycles. The Morgan fingerprint density at radius 2 is 1.72 bits per heavy atom. The summed E-state index contributed by atoms with van der Waals surface area (Å²) >= 11 is 11.9. The van der Waals surface area contributed by atoms with Gasteiger partial charge >= 0.3 is 12.0 Å². The van der Waals surface area contributed by atoms with Crippen molar-refractivity contribution in [2.75, 3.05) is 13.7 Å². The fourth-order valence-corrected chi connectivity index (χ4v) is 2.94. The van der Waals surface area contributed by atoms with E-state index in [0.29, 0.717) is 5.75 Å². The maximum atomic E-state index is 12.3. The van der Waals surface area contributed by atoms with Gasteiger partial charge in [-0.1, -0.05) is 41.4 Å². The van der Waals surface area contributed by atoms with E-state index in [1.54, 1.807) is 30.3 Å². The number of aliphatic carboxylic acids is 1. The number of benzene rings is 2. The maximum absolute atomic E-state index is 12.3. The van der Waals surface area contributed by atoms with E-state index in [1.165, 1.54) is 19.2 Å². The first-order valence-corrected chi connectivity index (χ1v) is 9.19. The van der Waals surface area contributed by atoms with Crippen molar-refractivity contribution in [3.63, 3.8) is 0 Å². The molecule has 2 aromatic rings. The number of nitrogens with one attached hydrogen (secondary N) is 3. The van der Waals surface area contributed by atoms with Crippen LogP contribution >= 0.6 is 23.2 Å². The second-order valence-electron chi connectivity index (χ2n) is 5.88. The quantitative estimate of drug-likeness (QED) is 0.504. The van der Waals surface area contributed by atoms with Gasteiger partial charge in [0.25, 0.3) is 5.91 Å². The van der Waals surface area contributed by atoms with Crippen LogP contribution in [0.1, 0.15) is 15.9 Å². The summed E-state index contributed by atoms with van der Waals surface area (Å²) in [6.07, 6.45) is 0. The van der Waals surface area contributed by atoms with Crippen LogP contribution in [0, 0.1) is 0 Å². The van der Waals surface area contributed by atoms with Crippen LogP contribution in [0.15, 0.2) is 42.5 Å². The van der Waals surface area contributed by atoms with Gasteiger partial charge in [-0.15, -0.1) is 0 Å². The SMILES string of the molecule is COc1cccc(CNC(=O)NC[C@H](NC(=O)c2c(Cl)cccc2Cl)C(=O)O)c1. The molecule has 0 aliphatic heterocycles. The number of hydrogen-bond donors (Lipinski definition) is 4. The Morgan fingerprint density at radius 3 is 2.34 bits per heavy atom. The van der Waals surface area contributed by atoms with Gasteiger partial charge in [-0.25, -0.2) is 9.59 Å². The number of halogens is 2. The molecule has 0 aliphatic rings. The van der Waals surface area contributed by atoms with Crippen molar-refractivity contribution < 1.29 is 24.2 Å². The summed E-state index contributed by atoms with van der Waals surface area (Å²) in [7, 11) is 1.54. The molecule has 8 nitrogen and oxygen atoms in total. The van der Waals surface area contributed by atoms with Crippen LogP contribution in [0.3, 0.4) is 0 Å². The Labute approximate surface area is 177 Å². The number of ether oxygens (including phenoxy) is 1. The molecule has 0 heterocycles. The predicted molar refractivity (Wildman–Crippen MR) is 109 cm³/mol. The average molecular weight is 440 g/mol. The molecule has 0 bridgehead atoms. The number of carboxylic acid groups (broad SMARTS) is 1. The first kappa shape index (κ1) is 22.3. The third kappa shape index (κ3) is 6.55. The molecular weight excluding hydrogens is 421 g/mol. The molecule has 0 saturated heterocycles. The van der Waals surface area contributed by atoms with Crippen molar-refractivity contribution >= 4 is 41.1 Å². The molecule has 1 atom stereocenters. The normalized spacial score (nSPS) is 11.3. The first-order valence-electron chi connectivity index (χ1n) is 8.44. The van der Waals surface area contributed by atoms with E-state index in [1.807, 2.05) is 0 Å². The third-order valence-corrected chi connectivity index (χ3v) is 4.48. The Hall–Kier alpha value is -2.97. The Morgan fingerprint density at radius 1 is 1.07 bits per heavy atom. The number of rotatable bonds is 8. The highest BCUT2D eigenvalue weighted by atomic mass is 35.5. The molecule has 0 unspecified atom stereocenters. The van der Waals surface area contributed by atoms with Gasteiger partial charge in [0, 0.05) is 6.54 Å². The predicted octanol–water partition coefficient (Wildman–Crippen LogP) is 2.68. The van der Waals surface area contributed by atoms with Gasteiger partial charge in [-0.3, -0.25) is 4.79 Å². The molecule has 0 aliphatic carbocycles. The van der Waals surface area contributed by atoms with Crippen molar-refractivity contribution in [2.24, 2.45) is 0 Å². The molecule has 2 rings (SSSR count). The smallest absolute Gasteiger partial charge is 0.328 e. The van der Waals surface area contributed by atoms with Crippen LogP contribution in [-0.4, -0.2) is 42.7 Å². The van der Waals surface area contributed by atoms with E-state index in [9.17, 15) is 19.5 Å². The molecule has 29 heavy (non-hydrogen) atoms. The van der Waals surface area contributed by atoms with Crippen molar-refractivity contribution in [3.05, 3.63) is 63.6 Å². The molecule has 0 aromatic heterocycles. The zero-order valence-electron chi connectivity index (χ0n) is 15.4. The van der Waals surface area contributed by atoms with Crippen LogP contribution in [0.4, 0.5) is 4.79 Å².